The number of ether oxygens (including phenoxy) is 1. The maximum absolute atomic E-state index is 11.5. The van der Waals surface area contributed by atoms with E-state index < -0.39 is 21.8 Å². The predicted octanol–water partition coefficient (Wildman–Crippen LogP) is 1.65. The highest BCUT2D eigenvalue weighted by atomic mass is 32.2. The Morgan fingerprint density at radius 1 is 1.41 bits per heavy atom. The van der Waals surface area contributed by atoms with Gasteiger partial charge in [-0.2, -0.15) is 0 Å². The number of rotatable bonds is 9. The van der Waals surface area contributed by atoms with E-state index in [9.17, 15) is 13.2 Å². The number of sulfone groups is 1. The fourth-order valence-electron chi connectivity index (χ4n) is 2.13. The standard InChI is InChI=1S/C15H23NO5S/c1-4-14(15(17)18)16(2)9-6-10-21-12-7-5-8-13(11-12)22(3,19)20/h5,7-8,11,14H,4,6,9-10H2,1-3H3,(H,17,18). The molecule has 0 aliphatic carbocycles. The number of likely N-dealkylation sites (N-methyl/N-ethyl adjacent to an activating group) is 1. The van der Waals surface area contributed by atoms with E-state index in [0.717, 1.165) is 6.26 Å². The van der Waals surface area contributed by atoms with E-state index in [0.29, 0.717) is 31.7 Å². The number of benzene rings is 1. The molecule has 0 aliphatic rings. The van der Waals surface area contributed by atoms with Crippen molar-refractivity contribution < 1.29 is 23.1 Å². The summed E-state index contributed by atoms with van der Waals surface area (Å²) in [6.07, 6.45) is 2.35. The van der Waals surface area contributed by atoms with Crippen LogP contribution >= 0.6 is 0 Å². The Morgan fingerprint density at radius 2 is 2.09 bits per heavy atom. The maximum atomic E-state index is 11.5. The first-order valence-corrected chi connectivity index (χ1v) is 9.00. The minimum Gasteiger partial charge on any atom is -0.494 e. The number of aliphatic carboxylic acids is 1. The Labute approximate surface area is 131 Å². The van der Waals surface area contributed by atoms with Crippen molar-refractivity contribution in [2.75, 3.05) is 26.5 Å². The van der Waals surface area contributed by atoms with Crippen molar-refractivity contribution >= 4 is 15.8 Å². The second kappa shape index (κ2) is 8.14. The first-order chi connectivity index (χ1) is 10.3. The highest BCUT2D eigenvalue weighted by Crippen LogP contribution is 2.17. The third-order valence-electron chi connectivity index (χ3n) is 3.36. The molecule has 1 unspecified atom stereocenters. The lowest BCUT2D eigenvalue weighted by Crippen LogP contribution is -2.38. The van der Waals surface area contributed by atoms with Crippen LogP contribution in [0.3, 0.4) is 0 Å². The van der Waals surface area contributed by atoms with E-state index in [1.54, 1.807) is 24.1 Å². The van der Waals surface area contributed by atoms with Crippen molar-refractivity contribution in [2.24, 2.45) is 0 Å². The number of hydrogen-bond donors (Lipinski definition) is 1. The van der Waals surface area contributed by atoms with E-state index in [2.05, 4.69) is 0 Å². The van der Waals surface area contributed by atoms with Crippen LogP contribution in [0.15, 0.2) is 29.2 Å². The van der Waals surface area contributed by atoms with Crippen LogP contribution in [-0.4, -0.2) is 56.9 Å². The molecule has 1 rings (SSSR count). The van der Waals surface area contributed by atoms with Crippen LogP contribution < -0.4 is 4.74 Å². The van der Waals surface area contributed by atoms with Crippen LogP contribution in [0.25, 0.3) is 0 Å². The Balaban J connectivity index is 2.47. The Hall–Kier alpha value is -1.60. The molecule has 0 saturated carbocycles. The molecular weight excluding hydrogens is 306 g/mol. The molecule has 6 nitrogen and oxygen atoms in total. The topological polar surface area (TPSA) is 83.9 Å². The van der Waals surface area contributed by atoms with Crippen LogP contribution in [0.4, 0.5) is 0 Å². The molecule has 22 heavy (non-hydrogen) atoms. The summed E-state index contributed by atoms with van der Waals surface area (Å²) in [5, 5.41) is 9.06. The summed E-state index contributed by atoms with van der Waals surface area (Å²) in [6, 6.07) is 5.85. The molecule has 1 aromatic carbocycles. The summed E-state index contributed by atoms with van der Waals surface area (Å²) in [4.78, 5) is 13.0. The Kier molecular flexibility index (Phi) is 6.83. The van der Waals surface area contributed by atoms with Gasteiger partial charge in [-0.25, -0.2) is 8.42 Å². The summed E-state index contributed by atoms with van der Waals surface area (Å²) in [5.41, 5.74) is 0. The molecule has 124 valence electrons. The lowest BCUT2D eigenvalue weighted by atomic mass is 10.2. The average Bonchev–Trinajstić information content (AvgIpc) is 2.43. The zero-order valence-corrected chi connectivity index (χ0v) is 14.0. The molecule has 7 heteroatoms. The Bertz CT molecular complexity index is 600. The smallest absolute Gasteiger partial charge is 0.320 e. The molecular formula is C15H23NO5S. The zero-order chi connectivity index (χ0) is 16.8. The van der Waals surface area contributed by atoms with Crippen molar-refractivity contribution in [2.45, 2.75) is 30.7 Å². The first kappa shape index (κ1) is 18.4. The van der Waals surface area contributed by atoms with E-state index in [1.165, 1.54) is 12.1 Å². The Morgan fingerprint density at radius 3 is 2.64 bits per heavy atom. The SMILES string of the molecule is CCC(C(=O)O)N(C)CCCOc1cccc(S(C)(=O)=O)c1. The first-order valence-electron chi connectivity index (χ1n) is 7.11. The lowest BCUT2D eigenvalue weighted by Gasteiger charge is -2.23. The van der Waals surface area contributed by atoms with E-state index in [4.69, 9.17) is 9.84 Å². The summed E-state index contributed by atoms with van der Waals surface area (Å²) < 4.78 is 28.4. The van der Waals surface area contributed by atoms with Gasteiger partial charge in [0.25, 0.3) is 0 Å². The zero-order valence-electron chi connectivity index (χ0n) is 13.2. The van der Waals surface area contributed by atoms with Gasteiger partial charge in [0.05, 0.1) is 11.5 Å². The van der Waals surface area contributed by atoms with Crippen LogP contribution in [-0.2, 0) is 14.6 Å². The molecule has 0 radical (unpaired) electrons. The fourth-order valence-corrected chi connectivity index (χ4v) is 2.79. The number of nitrogens with zero attached hydrogens (tertiary/aromatic N) is 1. The second-order valence-electron chi connectivity index (χ2n) is 5.19. The van der Waals surface area contributed by atoms with Gasteiger partial charge in [-0.1, -0.05) is 13.0 Å². The van der Waals surface area contributed by atoms with Gasteiger partial charge in [0.1, 0.15) is 11.8 Å². The third kappa shape index (κ3) is 5.65. The molecule has 1 aromatic rings. The number of carboxylic acid groups (broad SMARTS) is 1. The molecule has 0 bridgehead atoms. The quantitative estimate of drug-likeness (QED) is 0.694. The molecule has 0 aromatic heterocycles. The average molecular weight is 329 g/mol. The van der Waals surface area contributed by atoms with Gasteiger partial charge in [0.2, 0.25) is 0 Å². The fraction of sp³-hybridized carbons (Fsp3) is 0.533. The van der Waals surface area contributed by atoms with E-state index in [-0.39, 0.29) is 4.90 Å². The summed E-state index contributed by atoms with van der Waals surface area (Å²) in [6.45, 7) is 2.83. The van der Waals surface area contributed by atoms with Gasteiger partial charge in [-0.15, -0.1) is 0 Å². The summed E-state index contributed by atoms with van der Waals surface area (Å²) >= 11 is 0. The van der Waals surface area contributed by atoms with Crippen molar-refractivity contribution in [1.82, 2.24) is 4.90 Å². The van der Waals surface area contributed by atoms with Crippen LogP contribution in [0, 0.1) is 0 Å². The van der Waals surface area contributed by atoms with E-state index >= 15 is 0 Å². The highest BCUT2D eigenvalue weighted by molar-refractivity contribution is 7.90. The van der Waals surface area contributed by atoms with Crippen LogP contribution in [0.5, 0.6) is 5.75 Å². The van der Waals surface area contributed by atoms with Gasteiger partial charge >= 0.3 is 5.97 Å². The highest BCUT2D eigenvalue weighted by Gasteiger charge is 2.19. The molecule has 1 atom stereocenters. The normalized spacial score (nSPS) is 13.1. The van der Waals surface area contributed by atoms with Gasteiger partial charge in [-0.05, 0) is 38.1 Å². The van der Waals surface area contributed by atoms with Crippen molar-refractivity contribution in [3.63, 3.8) is 0 Å². The maximum Gasteiger partial charge on any atom is 0.320 e. The molecule has 0 aliphatic heterocycles. The minimum atomic E-state index is -3.25. The minimum absolute atomic E-state index is 0.221. The molecule has 0 amide bonds. The van der Waals surface area contributed by atoms with Crippen molar-refractivity contribution in [3.8, 4) is 5.75 Å². The molecule has 0 saturated heterocycles. The molecule has 0 heterocycles. The van der Waals surface area contributed by atoms with Crippen LogP contribution in [0.1, 0.15) is 19.8 Å². The summed E-state index contributed by atoms with van der Waals surface area (Å²) in [5.74, 6) is -0.331. The molecule has 0 fully saturated rings. The molecule has 1 N–H and O–H groups in total. The predicted molar refractivity (Wildman–Crippen MR) is 84.0 cm³/mol. The van der Waals surface area contributed by atoms with Gasteiger partial charge < -0.3 is 9.84 Å². The van der Waals surface area contributed by atoms with Gasteiger partial charge in [-0.3, -0.25) is 9.69 Å². The van der Waals surface area contributed by atoms with Crippen LogP contribution in [0.2, 0.25) is 0 Å². The number of carboxylic acids is 1. The lowest BCUT2D eigenvalue weighted by molar-refractivity contribution is -0.142. The summed E-state index contributed by atoms with van der Waals surface area (Å²) in [7, 11) is -1.48. The number of carbonyl (C=O) groups is 1. The van der Waals surface area contributed by atoms with Crippen molar-refractivity contribution in [1.29, 1.82) is 0 Å². The monoisotopic (exact) mass is 329 g/mol. The number of hydrogen-bond acceptors (Lipinski definition) is 5. The third-order valence-corrected chi connectivity index (χ3v) is 4.47. The molecule has 0 spiro atoms. The van der Waals surface area contributed by atoms with Crippen molar-refractivity contribution in [3.05, 3.63) is 24.3 Å². The van der Waals surface area contributed by atoms with E-state index in [1.807, 2.05) is 6.92 Å². The second-order valence-corrected chi connectivity index (χ2v) is 7.21. The largest absolute Gasteiger partial charge is 0.494 e. The van der Waals surface area contributed by atoms with Gasteiger partial charge in [0, 0.05) is 12.8 Å². The van der Waals surface area contributed by atoms with Gasteiger partial charge in [0.15, 0.2) is 9.84 Å².